The van der Waals surface area contributed by atoms with Gasteiger partial charge in [-0.3, -0.25) is 4.79 Å². The fraction of sp³-hybridized carbons (Fsp3) is 0.545. The molecule has 2 rings (SSSR count). The molecule has 1 aromatic rings. The second-order valence-electron chi connectivity index (χ2n) is 3.77. The number of hydrogen-bond acceptors (Lipinski definition) is 3. The van der Waals surface area contributed by atoms with E-state index in [1.807, 2.05) is 19.1 Å². The molecule has 1 fully saturated rings. The Bertz CT molecular complexity index is 339. The van der Waals surface area contributed by atoms with E-state index in [4.69, 9.17) is 4.74 Å². The first-order chi connectivity index (χ1) is 6.72. The van der Waals surface area contributed by atoms with Crippen molar-refractivity contribution >= 4 is 17.1 Å². The molecule has 1 aliphatic carbocycles. The van der Waals surface area contributed by atoms with E-state index in [0.29, 0.717) is 5.92 Å². The van der Waals surface area contributed by atoms with Crippen molar-refractivity contribution in [2.24, 2.45) is 5.92 Å². The summed E-state index contributed by atoms with van der Waals surface area (Å²) in [6, 6.07) is 3.88. The molecule has 0 aromatic carbocycles. The number of methoxy groups -OCH3 is 1. The molecule has 0 saturated heterocycles. The van der Waals surface area contributed by atoms with Crippen molar-refractivity contribution in [2.75, 3.05) is 7.11 Å². The van der Waals surface area contributed by atoms with Gasteiger partial charge in [0.25, 0.3) is 0 Å². The van der Waals surface area contributed by atoms with E-state index >= 15 is 0 Å². The molecule has 0 aliphatic heterocycles. The highest BCUT2D eigenvalue weighted by molar-refractivity contribution is 7.14. The van der Waals surface area contributed by atoms with Gasteiger partial charge in [-0.2, -0.15) is 0 Å². The Morgan fingerprint density at radius 3 is 2.71 bits per heavy atom. The van der Waals surface area contributed by atoms with Crippen LogP contribution in [0.5, 0.6) is 0 Å². The maximum atomic E-state index is 12.0. The number of carbonyl (C=O) groups excluding carboxylic acids is 1. The molecular formula is C11H14O2S. The molecule has 0 radical (unpaired) electrons. The number of ketones is 1. The number of thiophene rings is 1. The molecule has 1 aliphatic rings. The fourth-order valence-electron chi connectivity index (χ4n) is 1.62. The Balaban J connectivity index is 2.13. The first-order valence-corrected chi connectivity index (χ1v) is 5.67. The van der Waals surface area contributed by atoms with Crippen LogP contribution in [0, 0.1) is 12.8 Å². The van der Waals surface area contributed by atoms with Crippen molar-refractivity contribution in [3.05, 3.63) is 21.9 Å². The molecule has 1 saturated carbocycles. The molecule has 0 N–H and O–H groups in total. The van der Waals surface area contributed by atoms with E-state index in [1.54, 1.807) is 18.4 Å². The lowest BCUT2D eigenvalue weighted by Gasteiger charge is -2.11. The third-order valence-corrected chi connectivity index (χ3v) is 3.56. The van der Waals surface area contributed by atoms with Crippen LogP contribution in [0.1, 0.15) is 27.4 Å². The van der Waals surface area contributed by atoms with E-state index in [1.165, 1.54) is 4.88 Å². The van der Waals surface area contributed by atoms with Crippen LogP contribution in [0.15, 0.2) is 12.1 Å². The molecule has 0 spiro atoms. The normalized spacial score (nSPS) is 18.1. The second kappa shape index (κ2) is 3.83. The number of hydrogen-bond donors (Lipinski definition) is 0. The predicted molar refractivity (Wildman–Crippen MR) is 56.9 cm³/mol. The van der Waals surface area contributed by atoms with Crippen LogP contribution in [-0.4, -0.2) is 19.0 Å². The van der Waals surface area contributed by atoms with Crippen molar-refractivity contribution in [1.82, 2.24) is 0 Å². The third-order valence-electron chi connectivity index (χ3n) is 2.55. The summed E-state index contributed by atoms with van der Waals surface area (Å²) in [5, 5.41) is 0. The van der Waals surface area contributed by atoms with Crippen molar-refractivity contribution in [1.29, 1.82) is 0 Å². The average molecular weight is 210 g/mol. The molecule has 1 unspecified atom stereocenters. The number of Topliss-reactive ketones (excluding diaryl/α,β-unsaturated/α-hetero) is 1. The minimum absolute atomic E-state index is 0.160. The summed E-state index contributed by atoms with van der Waals surface area (Å²) in [6.45, 7) is 2.01. The Morgan fingerprint density at radius 2 is 2.29 bits per heavy atom. The Morgan fingerprint density at radius 1 is 1.57 bits per heavy atom. The summed E-state index contributed by atoms with van der Waals surface area (Å²) in [5.74, 6) is 0.628. The van der Waals surface area contributed by atoms with E-state index in [-0.39, 0.29) is 11.9 Å². The quantitative estimate of drug-likeness (QED) is 0.714. The molecule has 0 bridgehead atoms. The summed E-state index contributed by atoms with van der Waals surface area (Å²) in [7, 11) is 1.63. The van der Waals surface area contributed by atoms with Crippen molar-refractivity contribution < 1.29 is 9.53 Å². The topological polar surface area (TPSA) is 26.3 Å². The van der Waals surface area contributed by atoms with Crippen LogP contribution < -0.4 is 0 Å². The smallest absolute Gasteiger partial charge is 0.201 e. The lowest BCUT2D eigenvalue weighted by Crippen LogP contribution is -2.24. The molecule has 1 heterocycles. The van der Waals surface area contributed by atoms with Crippen molar-refractivity contribution in [2.45, 2.75) is 25.9 Å². The summed E-state index contributed by atoms with van der Waals surface area (Å²) < 4.78 is 5.26. The zero-order chi connectivity index (χ0) is 10.1. The van der Waals surface area contributed by atoms with Crippen LogP contribution in [0.4, 0.5) is 0 Å². The van der Waals surface area contributed by atoms with Crippen LogP contribution in [-0.2, 0) is 4.74 Å². The molecular weight excluding hydrogens is 196 g/mol. The van der Waals surface area contributed by atoms with Crippen molar-refractivity contribution in [3.63, 3.8) is 0 Å². The first-order valence-electron chi connectivity index (χ1n) is 4.86. The summed E-state index contributed by atoms with van der Waals surface area (Å²) in [6.07, 6.45) is 2.07. The fourth-order valence-corrected chi connectivity index (χ4v) is 2.46. The van der Waals surface area contributed by atoms with Gasteiger partial charge < -0.3 is 4.74 Å². The molecule has 0 amide bonds. The van der Waals surface area contributed by atoms with Crippen LogP contribution in [0.25, 0.3) is 0 Å². The van der Waals surface area contributed by atoms with Gasteiger partial charge in [-0.15, -0.1) is 11.3 Å². The maximum Gasteiger partial charge on any atom is 0.201 e. The number of ether oxygens (including phenoxy) is 1. The number of carbonyl (C=O) groups is 1. The van der Waals surface area contributed by atoms with Gasteiger partial charge in [0.05, 0.1) is 4.88 Å². The third kappa shape index (κ3) is 1.88. The van der Waals surface area contributed by atoms with Gasteiger partial charge in [0.2, 0.25) is 5.78 Å². The van der Waals surface area contributed by atoms with E-state index in [0.717, 1.165) is 17.7 Å². The minimum Gasteiger partial charge on any atom is -0.373 e. The zero-order valence-corrected chi connectivity index (χ0v) is 9.26. The molecule has 2 nitrogen and oxygen atoms in total. The maximum absolute atomic E-state index is 12.0. The highest BCUT2D eigenvalue weighted by Gasteiger charge is 2.37. The zero-order valence-electron chi connectivity index (χ0n) is 8.45. The van der Waals surface area contributed by atoms with Gasteiger partial charge in [0, 0.05) is 12.0 Å². The summed E-state index contributed by atoms with van der Waals surface area (Å²) >= 11 is 1.56. The monoisotopic (exact) mass is 210 g/mol. The minimum atomic E-state index is -0.201. The van der Waals surface area contributed by atoms with Crippen molar-refractivity contribution in [3.8, 4) is 0 Å². The molecule has 1 atom stereocenters. The number of rotatable bonds is 4. The number of aryl methyl sites for hydroxylation is 1. The lowest BCUT2D eigenvalue weighted by atomic mass is 10.1. The predicted octanol–water partition coefficient (Wildman–Crippen LogP) is 2.66. The van der Waals surface area contributed by atoms with Gasteiger partial charge >= 0.3 is 0 Å². The standard InChI is InChI=1S/C11H14O2S/c1-7-3-6-9(14-7)10(12)11(13-2)8-4-5-8/h3,6,8,11H,4-5H2,1-2H3. The molecule has 3 heteroatoms. The highest BCUT2D eigenvalue weighted by Crippen LogP contribution is 2.36. The van der Waals surface area contributed by atoms with Gasteiger partial charge in [-0.25, -0.2) is 0 Å². The Hall–Kier alpha value is -0.670. The SMILES string of the molecule is COC(C(=O)c1ccc(C)s1)C1CC1. The molecule has 1 aromatic heterocycles. The van der Waals surface area contributed by atoms with Crippen LogP contribution in [0.2, 0.25) is 0 Å². The summed E-state index contributed by atoms with van der Waals surface area (Å²) in [5.41, 5.74) is 0. The second-order valence-corrected chi connectivity index (χ2v) is 5.06. The Labute approximate surface area is 87.9 Å². The average Bonchev–Trinajstić information content (AvgIpc) is 2.90. The Kier molecular flexibility index (Phi) is 2.70. The van der Waals surface area contributed by atoms with Crippen LogP contribution >= 0.6 is 11.3 Å². The lowest BCUT2D eigenvalue weighted by molar-refractivity contribution is 0.0544. The van der Waals surface area contributed by atoms with E-state index in [2.05, 4.69) is 0 Å². The molecule has 14 heavy (non-hydrogen) atoms. The summed E-state index contributed by atoms with van der Waals surface area (Å²) in [4.78, 5) is 14.0. The van der Waals surface area contributed by atoms with Gasteiger partial charge in [-0.05, 0) is 37.8 Å². The van der Waals surface area contributed by atoms with Gasteiger partial charge in [0.15, 0.2) is 0 Å². The first kappa shape index (κ1) is 9.87. The molecule has 76 valence electrons. The van der Waals surface area contributed by atoms with E-state index < -0.39 is 0 Å². The highest BCUT2D eigenvalue weighted by atomic mass is 32.1. The largest absolute Gasteiger partial charge is 0.373 e. The van der Waals surface area contributed by atoms with Crippen LogP contribution in [0.3, 0.4) is 0 Å². The van der Waals surface area contributed by atoms with Gasteiger partial charge in [0.1, 0.15) is 6.10 Å². The van der Waals surface area contributed by atoms with E-state index in [9.17, 15) is 4.79 Å². The van der Waals surface area contributed by atoms with Gasteiger partial charge in [-0.1, -0.05) is 0 Å².